The van der Waals surface area contributed by atoms with E-state index in [0.717, 1.165) is 18.2 Å². The highest BCUT2D eigenvalue weighted by molar-refractivity contribution is 7.89. The molecule has 2 heterocycles. The maximum Gasteiger partial charge on any atom is 0.256 e. The quantitative estimate of drug-likeness (QED) is 0.777. The molecule has 148 valence electrons. The predicted molar refractivity (Wildman–Crippen MR) is 93.8 cm³/mol. The molecule has 2 saturated heterocycles. The van der Waals surface area contributed by atoms with Crippen molar-refractivity contribution >= 4 is 21.8 Å². The van der Waals surface area contributed by atoms with Crippen LogP contribution in [-0.4, -0.2) is 68.8 Å². The van der Waals surface area contributed by atoms with E-state index in [9.17, 15) is 22.4 Å². The fourth-order valence-corrected chi connectivity index (χ4v) is 4.76. The number of nitrogens with two attached hydrogens (primary N) is 1. The van der Waals surface area contributed by atoms with Gasteiger partial charge in [-0.2, -0.15) is 4.31 Å². The van der Waals surface area contributed by atoms with Gasteiger partial charge in [0.25, 0.3) is 5.91 Å². The van der Waals surface area contributed by atoms with E-state index in [1.165, 1.54) is 9.21 Å². The number of piperidine rings is 1. The summed E-state index contributed by atoms with van der Waals surface area (Å²) in [6, 6.07) is 3.20. The molecular formula is C17H22FN3O5S. The van der Waals surface area contributed by atoms with Crippen molar-refractivity contribution in [1.82, 2.24) is 9.21 Å². The van der Waals surface area contributed by atoms with Crippen molar-refractivity contribution in [2.24, 2.45) is 11.7 Å². The van der Waals surface area contributed by atoms with Crippen LogP contribution in [0.2, 0.25) is 0 Å². The minimum Gasteiger partial charge on any atom is -0.379 e. The SMILES string of the molecule is NC(=O)[C@H]1CCCN(C(=O)c2cc(S(=O)(=O)N3CCOCC3)ccc2F)C1. The first kappa shape index (κ1) is 19.7. The molecule has 10 heteroatoms. The summed E-state index contributed by atoms with van der Waals surface area (Å²) >= 11 is 0. The first-order valence-electron chi connectivity index (χ1n) is 8.77. The zero-order valence-corrected chi connectivity index (χ0v) is 15.6. The van der Waals surface area contributed by atoms with Crippen LogP contribution in [0.25, 0.3) is 0 Å². The fourth-order valence-electron chi connectivity index (χ4n) is 3.33. The molecule has 0 aliphatic carbocycles. The molecule has 1 atom stereocenters. The number of amides is 2. The Morgan fingerprint density at radius 2 is 1.89 bits per heavy atom. The van der Waals surface area contributed by atoms with Gasteiger partial charge in [0, 0.05) is 26.2 Å². The Balaban J connectivity index is 1.87. The van der Waals surface area contributed by atoms with Crippen molar-refractivity contribution in [1.29, 1.82) is 0 Å². The topological polar surface area (TPSA) is 110 Å². The average Bonchev–Trinajstić information content (AvgIpc) is 2.68. The van der Waals surface area contributed by atoms with Gasteiger partial charge in [-0.3, -0.25) is 9.59 Å². The van der Waals surface area contributed by atoms with Crippen LogP contribution in [0.1, 0.15) is 23.2 Å². The molecule has 0 aromatic heterocycles. The lowest BCUT2D eigenvalue weighted by Crippen LogP contribution is -2.44. The zero-order valence-electron chi connectivity index (χ0n) is 14.8. The number of likely N-dealkylation sites (tertiary alicyclic amines) is 1. The molecule has 0 spiro atoms. The maximum absolute atomic E-state index is 14.3. The van der Waals surface area contributed by atoms with Gasteiger partial charge in [-0.05, 0) is 31.0 Å². The number of carbonyl (C=O) groups is 2. The van der Waals surface area contributed by atoms with Crippen LogP contribution >= 0.6 is 0 Å². The molecule has 2 N–H and O–H groups in total. The van der Waals surface area contributed by atoms with Gasteiger partial charge in [-0.1, -0.05) is 0 Å². The third-order valence-electron chi connectivity index (χ3n) is 4.89. The number of morpholine rings is 1. The smallest absolute Gasteiger partial charge is 0.256 e. The van der Waals surface area contributed by atoms with E-state index in [-0.39, 0.29) is 43.3 Å². The maximum atomic E-state index is 14.3. The van der Waals surface area contributed by atoms with Crippen LogP contribution < -0.4 is 5.73 Å². The van der Waals surface area contributed by atoms with E-state index in [2.05, 4.69) is 0 Å². The number of ether oxygens (including phenoxy) is 1. The Hall–Kier alpha value is -2.04. The molecule has 0 radical (unpaired) electrons. The summed E-state index contributed by atoms with van der Waals surface area (Å²) in [6.45, 7) is 1.45. The lowest BCUT2D eigenvalue weighted by Gasteiger charge is -2.31. The standard InChI is InChI=1S/C17H22FN3O5S/c18-15-4-3-13(27(24,25)21-6-8-26-9-7-21)10-14(15)17(23)20-5-1-2-12(11-20)16(19)22/h3-4,10,12H,1-2,5-9,11H2,(H2,19,22)/t12-/m0/s1. The Morgan fingerprint density at radius 1 is 1.19 bits per heavy atom. The fraction of sp³-hybridized carbons (Fsp3) is 0.529. The predicted octanol–water partition coefficient (Wildman–Crippen LogP) is 0.184. The normalized spacial score (nSPS) is 21.8. The highest BCUT2D eigenvalue weighted by atomic mass is 32.2. The molecule has 0 saturated carbocycles. The molecule has 2 aliphatic rings. The highest BCUT2D eigenvalue weighted by Gasteiger charge is 2.31. The number of benzene rings is 1. The third-order valence-corrected chi connectivity index (χ3v) is 6.78. The van der Waals surface area contributed by atoms with Crippen molar-refractivity contribution < 1.29 is 27.1 Å². The lowest BCUT2D eigenvalue weighted by molar-refractivity contribution is -0.123. The number of halogens is 1. The minimum atomic E-state index is -3.85. The summed E-state index contributed by atoms with van der Waals surface area (Å²) in [6.07, 6.45) is 1.15. The number of hydrogen-bond donors (Lipinski definition) is 1. The molecule has 2 amide bonds. The van der Waals surface area contributed by atoms with E-state index in [1.807, 2.05) is 0 Å². The first-order valence-corrected chi connectivity index (χ1v) is 10.2. The van der Waals surface area contributed by atoms with Crippen molar-refractivity contribution in [3.05, 3.63) is 29.6 Å². The van der Waals surface area contributed by atoms with Gasteiger partial charge in [0.05, 0.1) is 29.6 Å². The number of primary amides is 1. The molecule has 2 fully saturated rings. The van der Waals surface area contributed by atoms with Crippen LogP contribution in [0.5, 0.6) is 0 Å². The van der Waals surface area contributed by atoms with E-state index in [1.54, 1.807) is 0 Å². The Kier molecular flexibility index (Phi) is 5.78. The molecule has 0 unspecified atom stereocenters. The highest BCUT2D eigenvalue weighted by Crippen LogP contribution is 2.23. The summed E-state index contributed by atoms with van der Waals surface area (Å²) in [5, 5.41) is 0. The number of rotatable bonds is 4. The molecule has 2 aliphatic heterocycles. The number of hydrogen-bond acceptors (Lipinski definition) is 5. The van der Waals surface area contributed by atoms with Crippen molar-refractivity contribution in [3.8, 4) is 0 Å². The van der Waals surface area contributed by atoms with E-state index < -0.39 is 33.6 Å². The Bertz CT molecular complexity index is 839. The van der Waals surface area contributed by atoms with Crippen LogP contribution in [0, 0.1) is 11.7 Å². The van der Waals surface area contributed by atoms with Gasteiger partial charge in [0.15, 0.2) is 0 Å². The van der Waals surface area contributed by atoms with E-state index in [0.29, 0.717) is 19.4 Å². The second-order valence-corrected chi connectivity index (χ2v) is 8.59. The average molecular weight is 399 g/mol. The van der Waals surface area contributed by atoms with Gasteiger partial charge < -0.3 is 15.4 Å². The van der Waals surface area contributed by atoms with Crippen LogP contribution in [0.3, 0.4) is 0 Å². The Labute approximate surface area is 157 Å². The van der Waals surface area contributed by atoms with Gasteiger partial charge in [-0.25, -0.2) is 12.8 Å². The van der Waals surface area contributed by atoms with Gasteiger partial charge in [-0.15, -0.1) is 0 Å². The van der Waals surface area contributed by atoms with Crippen LogP contribution in [0.4, 0.5) is 4.39 Å². The van der Waals surface area contributed by atoms with E-state index >= 15 is 0 Å². The zero-order chi connectivity index (χ0) is 19.6. The van der Waals surface area contributed by atoms with Gasteiger partial charge >= 0.3 is 0 Å². The Morgan fingerprint density at radius 3 is 2.56 bits per heavy atom. The monoisotopic (exact) mass is 399 g/mol. The van der Waals surface area contributed by atoms with Crippen molar-refractivity contribution in [2.75, 3.05) is 39.4 Å². The molecule has 0 bridgehead atoms. The summed E-state index contributed by atoms with van der Waals surface area (Å²) in [5.74, 6) is -2.43. The summed E-state index contributed by atoms with van der Waals surface area (Å²) in [7, 11) is -3.85. The van der Waals surface area contributed by atoms with E-state index in [4.69, 9.17) is 10.5 Å². The summed E-state index contributed by atoms with van der Waals surface area (Å²) in [4.78, 5) is 25.4. The largest absolute Gasteiger partial charge is 0.379 e. The lowest BCUT2D eigenvalue weighted by atomic mass is 9.97. The van der Waals surface area contributed by atoms with Crippen LogP contribution in [0.15, 0.2) is 23.1 Å². The molecule has 3 rings (SSSR count). The summed E-state index contributed by atoms with van der Waals surface area (Å²) in [5.41, 5.74) is 4.99. The minimum absolute atomic E-state index is 0.105. The van der Waals surface area contributed by atoms with Gasteiger partial charge in [0.1, 0.15) is 5.82 Å². The number of sulfonamides is 1. The van der Waals surface area contributed by atoms with Gasteiger partial charge in [0.2, 0.25) is 15.9 Å². The molecular weight excluding hydrogens is 377 g/mol. The summed E-state index contributed by atoms with van der Waals surface area (Å²) < 4.78 is 46.2. The molecule has 1 aromatic rings. The van der Waals surface area contributed by atoms with Crippen LogP contribution in [-0.2, 0) is 19.6 Å². The molecule has 1 aromatic carbocycles. The molecule has 27 heavy (non-hydrogen) atoms. The van der Waals surface area contributed by atoms with Crippen molar-refractivity contribution in [3.63, 3.8) is 0 Å². The number of nitrogens with zero attached hydrogens (tertiary/aromatic N) is 2. The first-order chi connectivity index (χ1) is 12.8. The third kappa shape index (κ3) is 4.12. The molecule has 8 nitrogen and oxygen atoms in total. The number of carbonyl (C=O) groups excluding carboxylic acids is 2. The second-order valence-electron chi connectivity index (χ2n) is 6.65. The van der Waals surface area contributed by atoms with Crippen molar-refractivity contribution in [2.45, 2.75) is 17.7 Å². The second kappa shape index (κ2) is 7.91.